The average Bonchev–Trinajstić information content (AvgIpc) is 2.35. The summed E-state index contributed by atoms with van der Waals surface area (Å²) < 4.78 is 0. The number of fused-ring (bicyclic) bond motifs is 1. The Balaban J connectivity index is 2.25. The molecule has 1 atom stereocenters. The molecule has 1 aromatic carbocycles. The van der Waals surface area contributed by atoms with Gasteiger partial charge in [-0.05, 0) is 24.6 Å². The minimum atomic E-state index is 0.0775. The van der Waals surface area contributed by atoms with Crippen LogP contribution in [0.4, 0.5) is 5.82 Å². The second kappa shape index (κ2) is 4.94. The largest absolute Gasteiger partial charge is 0.394 e. The zero-order valence-corrected chi connectivity index (χ0v) is 9.35. The molecular weight excluding hydrogens is 200 g/mol. The lowest BCUT2D eigenvalue weighted by molar-refractivity contribution is 0.271. The van der Waals surface area contributed by atoms with E-state index in [1.165, 1.54) is 0 Å². The van der Waals surface area contributed by atoms with E-state index in [0.29, 0.717) is 0 Å². The number of nitrogens with zero attached hydrogens (tertiary/aromatic N) is 1. The first-order chi connectivity index (χ1) is 7.83. The Morgan fingerprint density at radius 1 is 1.25 bits per heavy atom. The van der Waals surface area contributed by atoms with Crippen LogP contribution in [0.15, 0.2) is 36.4 Å². The lowest BCUT2D eigenvalue weighted by atomic mass is 10.2. The van der Waals surface area contributed by atoms with Crippen molar-refractivity contribution in [2.75, 3.05) is 11.9 Å². The fourth-order valence-corrected chi connectivity index (χ4v) is 1.63. The standard InChI is InChI=1S/C13H16N2O/c1-2-11(9-16)14-13-8-7-10-5-3-4-6-12(10)15-13/h3-8,11,16H,2,9H2,1H3,(H,14,15). The van der Waals surface area contributed by atoms with E-state index in [1.54, 1.807) is 0 Å². The first-order valence-electron chi connectivity index (χ1n) is 5.56. The van der Waals surface area contributed by atoms with Gasteiger partial charge in [-0.1, -0.05) is 25.1 Å². The van der Waals surface area contributed by atoms with Crippen LogP contribution in [0.25, 0.3) is 10.9 Å². The van der Waals surface area contributed by atoms with E-state index in [-0.39, 0.29) is 12.6 Å². The van der Waals surface area contributed by atoms with Crippen LogP contribution in [-0.4, -0.2) is 22.7 Å². The number of hydrogen-bond acceptors (Lipinski definition) is 3. The van der Waals surface area contributed by atoms with Crippen molar-refractivity contribution in [3.8, 4) is 0 Å². The number of anilines is 1. The van der Waals surface area contributed by atoms with Crippen molar-refractivity contribution in [2.24, 2.45) is 0 Å². The average molecular weight is 216 g/mol. The highest BCUT2D eigenvalue weighted by Gasteiger charge is 2.05. The summed E-state index contributed by atoms with van der Waals surface area (Å²) in [5.74, 6) is 0.819. The van der Waals surface area contributed by atoms with Crippen LogP contribution in [0.2, 0.25) is 0 Å². The van der Waals surface area contributed by atoms with Crippen molar-refractivity contribution in [1.82, 2.24) is 4.98 Å². The van der Waals surface area contributed by atoms with Gasteiger partial charge in [0.25, 0.3) is 0 Å². The van der Waals surface area contributed by atoms with Crippen LogP contribution in [0.3, 0.4) is 0 Å². The van der Waals surface area contributed by atoms with E-state index in [0.717, 1.165) is 23.1 Å². The lowest BCUT2D eigenvalue weighted by Gasteiger charge is -2.14. The molecule has 16 heavy (non-hydrogen) atoms. The molecule has 0 fully saturated rings. The van der Waals surface area contributed by atoms with Gasteiger partial charge in [0, 0.05) is 5.39 Å². The van der Waals surface area contributed by atoms with Crippen molar-refractivity contribution < 1.29 is 5.11 Å². The maximum absolute atomic E-state index is 9.11. The molecule has 0 radical (unpaired) electrons. The van der Waals surface area contributed by atoms with Crippen LogP contribution in [0, 0.1) is 0 Å². The molecule has 3 nitrogen and oxygen atoms in total. The molecule has 2 N–H and O–H groups in total. The van der Waals surface area contributed by atoms with Crippen molar-refractivity contribution in [3.63, 3.8) is 0 Å². The van der Waals surface area contributed by atoms with Gasteiger partial charge in [0.2, 0.25) is 0 Å². The highest BCUT2D eigenvalue weighted by atomic mass is 16.3. The molecule has 1 unspecified atom stereocenters. The Labute approximate surface area is 95.1 Å². The number of aliphatic hydroxyl groups excluding tert-OH is 1. The Bertz CT molecular complexity index is 466. The van der Waals surface area contributed by atoms with E-state index in [1.807, 2.05) is 43.3 Å². The molecule has 0 bridgehead atoms. The van der Waals surface area contributed by atoms with Crippen LogP contribution in [0.1, 0.15) is 13.3 Å². The molecule has 3 heteroatoms. The molecule has 0 amide bonds. The van der Waals surface area contributed by atoms with E-state index in [2.05, 4.69) is 10.3 Å². The van der Waals surface area contributed by atoms with Gasteiger partial charge in [0.05, 0.1) is 18.2 Å². The maximum Gasteiger partial charge on any atom is 0.126 e. The first kappa shape index (κ1) is 10.9. The quantitative estimate of drug-likeness (QED) is 0.825. The third-order valence-corrected chi connectivity index (χ3v) is 2.66. The second-order valence-corrected chi connectivity index (χ2v) is 3.82. The van der Waals surface area contributed by atoms with Crippen molar-refractivity contribution in [2.45, 2.75) is 19.4 Å². The number of para-hydroxylation sites is 1. The normalized spacial score (nSPS) is 12.6. The predicted molar refractivity (Wildman–Crippen MR) is 66.5 cm³/mol. The smallest absolute Gasteiger partial charge is 0.126 e. The van der Waals surface area contributed by atoms with Gasteiger partial charge in [-0.25, -0.2) is 4.98 Å². The molecule has 0 aliphatic heterocycles. The minimum absolute atomic E-state index is 0.0775. The van der Waals surface area contributed by atoms with Crippen molar-refractivity contribution in [1.29, 1.82) is 0 Å². The van der Waals surface area contributed by atoms with Gasteiger partial charge in [0.1, 0.15) is 5.82 Å². The highest BCUT2D eigenvalue weighted by Crippen LogP contribution is 2.15. The summed E-state index contributed by atoms with van der Waals surface area (Å²) in [4.78, 5) is 4.49. The van der Waals surface area contributed by atoms with E-state index >= 15 is 0 Å². The van der Waals surface area contributed by atoms with Gasteiger partial charge in [0.15, 0.2) is 0 Å². The summed E-state index contributed by atoms with van der Waals surface area (Å²) in [6, 6.07) is 12.1. The molecule has 0 saturated carbocycles. The van der Waals surface area contributed by atoms with Gasteiger partial charge in [-0.3, -0.25) is 0 Å². The predicted octanol–water partition coefficient (Wildman–Crippen LogP) is 2.42. The molecule has 1 heterocycles. The lowest BCUT2D eigenvalue weighted by Crippen LogP contribution is -2.23. The summed E-state index contributed by atoms with van der Waals surface area (Å²) in [6.45, 7) is 2.17. The summed E-state index contributed by atoms with van der Waals surface area (Å²) in [7, 11) is 0. The Morgan fingerprint density at radius 3 is 2.81 bits per heavy atom. The number of aromatic nitrogens is 1. The Kier molecular flexibility index (Phi) is 3.37. The van der Waals surface area contributed by atoms with Crippen molar-refractivity contribution >= 4 is 16.7 Å². The van der Waals surface area contributed by atoms with Crippen LogP contribution < -0.4 is 5.32 Å². The third-order valence-electron chi connectivity index (χ3n) is 2.66. The number of aliphatic hydroxyl groups is 1. The van der Waals surface area contributed by atoms with Crippen LogP contribution in [0.5, 0.6) is 0 Å². The molecular formula is C13H16N2O. The van der Waals surface area contributed by atoms with Crippen molar-refractivity contribution in [3.05, 3.63) is 36.4 Å². The van der Waals surface area contributed by atoms with Gasteiger partial charge < -0.3 is 10.4 Å². The molecule has 0 saturated heterocycles. The van der Waals surface area contributed by atoms with Crippen LogP contribution in [-0.2, 0) is 0 Å². The molecule has 0 spiro atoms. The monoisotopic (exact) mass is 216 g/mol. The van der Waals surface area contributed by atoms with E-state index in [9.17, 15) is 0 Å². The number of rotatable bonds is 4. The Morgan fingerprint density at radius 2 is 2.06 bits per heavy atom. The molecule has 1 aromatic heterocycles. The summed E-state index contributed by atoms with van der Waals surface area (Å²) in [5, 5.41) is 13.4. The molecule has 0 aliphatic carbocycles. The highest BCUT2D eigenvalue weighted by molar-refractivity contribution is 5.80. The van der Waals surface area contributed by atoms with Gasteiger partial charge in [-0.2, -0.15) is 0 Å². The molecule has 84 valence electrons. The summed E-state index contributed by atoms with van der Waals surface area (Å²) in [6.07, 6.45) is 0.880. The topological polar surface area (TPSA) is 45.1 Å². The summed E-state index contributed by atoms with van der Waals surface area (Å²) in [5.41, 5.74) is 0.972. The van der Waals surface area contributed by atoms with Crippen LogP contribution >= 0.6 is 0 Å². The number of pyridine rings is 1. The van der Waals surface area contributed by atoms with E-state index in [4.69, 9.17) is 5.11 Å². The zero-order chi connectivity index (χ0) is 11.4. The second-order valence-electron chi connectivity index (χ2n) is 3.82. The number of benzene rings is 1. The zero-order valence-electron chi connectivity index (χ0n) is 9.35. The fraction of sp³-hybridized carbons (Fsp3) is 0.308. The van der Waals surface area contributed by atoms with E-state index < -0.39 is 0 Å². The molecule has 2 aromatic rings. The van der Waals surface area contributed by atoms with Gasteiger partial charge >= 0.3 is 0 Å². The number of nitrogens with one attached hydrogen (secondary N) is 1. The molecule has 0 aliphatic rings. The number of hydrogen-bond donors (Lipinski definition) is 2. The first-order valence-corrected chi connectivity index (χ1v) is 5.56. The summed E-state index contributed by atoms with van der Waals surface area (Å²) >= 11 is 0. The third kappa shape index (κ3) is 2.31. The Hall–Kier alpha value is -1.61. The SMILES string of the molecule is CCC(CO)Nc1ccc2ccccc2n1. The molecule has 2 rings (SSSR count). The minimum Gasteiger partial charge on any atom is -0.394 e. The maximum atomic E-state index is 9.11. The van der Waals surface area contributed by atoms with Gasteiger partial charge in [-0.15, -0.1) is 0 Å². The fourth-order valence-electron chi connectivity index (χ4n) is 1.63.